The number of carbonyl (C=O) groups excluding carboxylic acids is 1. The van der Waals surface area contributed by atoms with Gasteiger partial charge in [0.05, 0.1) is 18.3 Å². The summed E-state index contributed by atoms with van der Waals surface area (Å²) in [7, 11) is 0. The second kappa shape index (κ2) is 9.66. The van der Waals surface area contributed by atoms with Crippen LogP contribution in [0, 0.1) is 0 Å². The molecule has 2 aromatic rings. The van der Waals surface area contributed by atoms with Crippen LogP contribution in [0.4, 0.5) is 5.82 Å². The first-order valence-electron chi connectivity index (χ1n) is 9.38. The second-order valence-corrected chi connectivity index (χ2v) is 6.94. The molecule has 0 N–H and O–H groups in total. The van der Waals surface area contributed by atoms with Crippen LogP contribution in [-0.2, 0) is 16.1 Å². The summed E-state index contributed by atoms with van der Waals surface area (Å²) >= 11 is 1.11. The third-order valence-corrected chi connectivity index (χ3v) is 5.04. The summed E-state index contributed by atoms with van der Waals surface area (Å²) in [5, 5.41) is 0. The number of rotatable bonds is 8. The van der Waals surface area contributed by atoms with Crippen molar-refractivity contribution in [2.45, 2.75) is 32.9 Å². The lowest BCUT2D eigenvalue weighted by Gasteiger charge is -2.35. The van der Waals surface area contributed by atoms with Gasteiger partial charge in [-0.25, -0.2) is 4.79 Å². The molecule has 0 aliphatic carbocycles. The van der Waals surface area contributed by atoms with E-state index in [1.807, 2.05) is 13.0 Å². The topological polar surface area (TPSA) is 67.8 Å². The summed E-state index contributed by atoms with van der Waals surface area (Å²) in [5.74, 6) is 0.796. The molecule has 1 aliphatic heterocycles. The molecule has 7 nitrogen and oxygen atoms in total. The van der Waals surface area contributed by atoms with E-state index in [4.69, 9.17) is 9.47 Å². The third-order valence-electron chi connectivity index (χ3n) is 4.54. The second-order valence-electron chi connectivity index (χ2n) is 6.41. The highest BCUT2D eigenvalue weighted by Crippen LogP contribution is 2.28. The molecule has 1 aliphatic rings. The van der Waals surface area contributed by atoms with Crippen molar-refractivity contribution in [2.24, 2.45) is 0 Å². The summed E-state index contributed by atoms with van der Waals surface area (Å²) < 4.78 is 19.6. The van der Waals surface area contributed by atoms with E-state index >= 15 is 0 Å². The lowest BCUT2D eigenvalue weighted by atomic mass is 10.2. The Kier molecular flexibility index (Phi) is 7.00. The van der Waals surface area contributed by atoms with E-state index < -0.39 is 6.10 Å². The Bertz CT molecular complexity index is 717. The maximum atomic E-state index is 12.0. The molecule has 1 saturated heterocycles. The first-order valence-corrected chi connectivity index (χ1v) is 10.1. The van der Waals surface area contributed by atoms with E-state index in [9.17, 15) is 4.79 Å². The minimum Gasteiger partial charge on any atom is -0.463 e. The molecule has 1 aromatic carbocycles. The van der Waals surface area contributed by atoms with Crippen LogP contribution in [0.1, 0.15) is 25.8 Å². The van der Waals surface area contributed by atoms with Gasteiger partial charge in [0.15, 0.2) is 6.10 Å². The Morgan fingerprint density at radius 1 is 1.15 bits per heavy atom. The average molecular weight is 391 g/mol. The largest absolute Gasteiger partial charge is 0.463 e. The fourth-order valence-corrected chi connectivity index (χ4v) is 3.58. The molecule has 1 aromatic heterocycles. The smallest absolute Gasteiger partial charge is 0.347 e. The quantitative estimate of drug-likeness (QED) is 0.642. The Morgan fingerprint density at radius 3 is 2.56 bits per heavy atom. The number of hydrogen-bond acceptors (Lipinski definition) is 8. The van der Waals surface area contributed by atoms with E-state index in [1.54, 1.807) is 6.92 Å². The maximum Gasteiger partial charge on any atom is 0.347 e. The monoisotopic (exact) mass is 390 g/mol. The molecule has 8 heteroatoms. The molecule has 0 radical (unpaired) electrons. The van der Waals surface area contributed by atoms with Gasteiger partial charge >= 0.3 is 5.97 Å². The van der Waals surface area contributed by atoms with Gasteiger partial charge < -0.3 is 14.4 Å². The summed E-state index contributed by atoms with van der Waals surface area (Å²) in [6.45, 7) is 8.56. The number of hydrogen-bond donors (Lipinski definition) is 0. The Labute approximate surface area is 164 Å². The molecule has 0 saturated carbocycles. The highest BCUT2D eigenvalue weighted by molar-refractivity contribution is 6.99. The van der Waals surface area contributed by atoms with Gasteiger partial charge in [-0.15, -0.1) is 4.37 Å². The number of nitrogens with zero attached hydrogens (tertiary/aromatic N) is 4. The average Bonchev–Trinajstić information content (AvgIpc) is 3.16. The number of esters is 1. The van der Waals surface area contributed by atoms with Gasteiger partial charge in [0.25, 0.3) is 5.88 Å². The van der Waals surface area contributed by atoms with Crippen molar-refractivity contribution in [3.63, 3.8) is 0 Å². The molecule has 27 heavy (non-hydrogen) atoms. The zero-order chi connectivity index (χ0) is 19.1. The number of ether oxygens (including phenoxy) is 2. The van der Waals surface area contributed by atoms with Crippen molar-refractivity contribution >= 4 is 23.5 Å². The summed E-state index contributed by atoms with van der Waals surface area (Å²) in [4.78, 5) is 16.6. The van der Waals surface area contributed by atoms with Crippen LogP contribution in [0.25, 0.3) is 0 Å². The summed E-state index contributed by atoms with van der Waals surface area (Å²) in [5.41, 5.74) is 1.32. The van der Waals surface area contributed by atoms with Gasteiger partial charge in [0.2, 0.25) is 5.82 Å². The zero-order valence-corrected chi connectivity index (χ0v) is 16.7. The van der Waals surface area contributed by atoms with Crippen LogP contribution in [0.5, 0.6) is 5.88 Å². The Morgan fingerprint density at radius 2 is 1.89 bits per heavy atom. The molecule has 0 spiro atoms. The summed E-state index contributed by atoms with van der Waals surface area (Å²) in [6.07, 6.45) is -0.118. The highest BCUT2D eigenvalue weighted by atomic mass is 32.1. The van der Waals surface area contributed by atoms with Gasteiger partial charge in [0.1, 0.15) is 0 Å². The van der Waals surface area contributed by atoms with Crippen molar-refractivity contribution in [1.82, 2.24) is 13.6 Å². The fraction of sp³-hybridized carbons (Fsp3) is 0.526. The molecule has 1 atom stereocenters. The normalized spacial score (nSPS) is 16.1. The zero-order valence-electron chi connectivity index (χ0n) is 15.8. The van der Waals surface area contributed by atoms with Crippen LogP contribution in [0.3, 0.4) is 0 Å². The van der Waals surface area contributed by atoms with Crippen molar-refractivity contribution in [3.8, 4) is 5.88 Å². The van der Waals surface area contributed by atoms with Crippen molar-refractivity contribution in [2.75, 3.05) is 37.7 Å². The number of anilines is 1. The van der Waals surface area contributed by atoms with Gasteiger partial charge in [-0.1, -0.05) is 37.3 Å². The first kappa shape index (κ1) is 19.6. The lowest BCUT2D eigenvalue weighted by Crippen LogP contribution is -2.46. The standard InChI is InChI=1S/C19H26N4O3S/c1-3-16(19(24)25-4-2)26-18-17(20-27-21-18)23-12-10-22(11-13-23)14-15-8-6-5-7-9-15/h5-9,16H,3-4,10-14H2,1-2H3. The van der Waals surface area contributed by atoms with E-state index in [0.29, 0.717) is 18.9 Å². The molecule has 3 rings (SSSR count). The van der Waals surface area contributed by atoms with Crippen LogP contribution in [0.15, 0.2) is 30.3 Å². The maximum absolute atomic E-state index is 12.0. The highest BCUT2D eigenvalue weighted by Gasteiger charge is 2.27. The SMILES string of the molecule is CCOC(=O)C(CC)Oc1nsnc1N1CCN(Cc2ccccc2)CC1. The number of aromatic nitrogens is 2. The van der Waals surface area contributed by atoms with E-state index in [2.05, 4.69) is 42.8 Å². The fourth-order valence-electron chi connectivity index (χ4n) is 3.07. The molecule has 1 fully saturated rings. The van der Waals surface area contributed by atoms with Gasteiger partial charge in [0, 0.05) is 32.7 Å². The molecule has 0 bridgehead atoms. The van der Waals surface area contributed by atoms with Crippen LogP contribution in [-0.4, -0.2) is 58.5 Å². The molecular formula is C19H26N4O3S. The number of piperazine rings is 1. The molecule has 0 amide bonds. The van der Waals surface area contributed by atoms with Gasteiger partial charge in [-0.05, 0) is 18.9 Å². The molecule has 2 heterocycles. The number of benzene rings is 1. The van der Waals surface area contributed by atoms with Crippen LogP contribution >= 0.6 is 11.7 Å². The van der Waals surface area contributed by atoms with Crippen LogP contribution in [0.2, 0.25) is 0 Å². The van der Waals surface area contributed by atoms with Crippen molar-refractivity contribution < 1.29 is 14.3 Å². The van der Waals surface area contributed by atoms with E-state index in [-0.39, 0.29) is 5.97 Å². The van der Waals surface area contributed by atoms with Crippen LogP contribution < -0.4 is 9.64 Å². The Balaban J connectivity index is 1.57. The lowest BCUT2D eigenvalue weighted by molar-refractivity contribution is -0.151. The predicted octanol–water partition coefficient (Wildman–Crippen LogP) is 2.58. The molecule has 1 unspecified atom stereocenters. The van der Waals surface area contributed by atoms with Gasteiger partial charge in [-0.3, -0.25) is 4.90 Å². The summed E-state index contributed by atoms with van der Waals surface area (Å²) in [6, 6.07) is 10.5. The molecular weight excluding hydrogens is 364 g/mol. The molecule has 146 valence electrons. The minimum atomic E-state index is -0.646. The third kappa shape index (κ3) is 5.17. The van der Waals surface area contributed by atoms with Crippen molar-refractivity contribution in [1.29, 1.82) is 0 Å². The minimum absolute atomic E-state index is 0.338. The van der Waals surface area contributed by atoms with Crippen molar-refractivity contribution in [3.05, 3.63) is 35.9 Å². The predicted molar refractivity (Wildman–Crippen MR) is 105 cm³/mol. The van der Waals surface area contributed by atoms with E-state index in [0.717, 1.165) is 50.3 Å². The Hall–Kier alpha value is -2.19. The first-order chi connectivity index (χ1) is 13.2. The number of carbonyl (C=O) groups is 1. The van der Waals surface area contributed by atoms with Gasteiger partial charge in [-0.2, -0.15) is 4.37 Å². The van der Waals surface area contributed by atoms with E-state index in [1.165, 1.54) is 5.56 Å².